The van der Waals surface area contributed by atoms with E-state index in [9.17, 15) is 0 Å². The van der Waals surface area contributed by atoms with Crippen LogP contribution in [0.3, 0.4) is 0 Å². The van der Waals surface area contributed by atoms with Gasteiger partial charge in [0.05, 0.1) is 4.34 Å². The van der Waals surface area contributed by atoms with Gasteiger partial charge in [0.25, 0.3) is 0 Å². The maximum atomic E-state index is 6.01. The number of hydrogen-bond donors (Lipinski definition) is 1. The van der Waals surface area contributed by atoms with Gasteiger partial charge in [0.1, 0.15) is 0 Å². The Morgan fingerprint density at radius 2 is 2.39 bits per heavy atom. The molecule has 0 amide bonds. The summed E-state index contributed by atoms with van der Waals surface area (Å²) in [5.74, 6) is 0.814. The second-order valence-electron chi connectivity index (χ2n) is 5.17. The standard InChI is InChI=1S/C14H23ClN2S/c1-3-7-16-9-12-6-8-17(10-12)11(2)13-4-5-14(15)18-13/h4-5,11-12,16H,3,6-10H2,1-2H3. The maximum Gasteiger partial charge on any atom is 0.0931 e. The highest BCUT2D eigenvalue weighted by Crippen LogP contribution is 2.33. The van der Waals surface area contributed by atoms with E-state index in [-0.39, 0.29) is 0 Å². The van der Waals surface area contributed by atoms with Crippen molar-refractivity contribution >= 4 is 22.9 Å². The number of hydrogen-bond acceptors (Lipinski definition) is 3. The van der Waals surface area contributed by atoms with Gasteiger partial charge in [0.15, 0.2) is 0 Å². The second-order valence-corrected chi connectivity index (χ2v) is 6.92. The van der Waals surface area contributed by atoms with E-state index in [0.717, 1.165) is 16.8 Å². The smallest absolute Gasteiger partial charge is 0.0931 e. The molecule has 1 aromatic heterocycles. The van der Waals surface area contributed by atoms with E-state index in [4.69, 9.17) is 11.6 Å². The van der Waals surface area contributed by atoms with Gasteiger partial charge >= 0.3 is 0 Å². The highest BCUT2D eigenvalue weighted by Gasteiger charge is 2.26. The first-order chi connectivity index (χ1) is 8.70. The zero-order valence-corrected chi connectivity index (χ0v) is 12.9. The zero-order chi connectivity index (χ0) is 13.0. The monoisotopic (exact) mass is 286 g/mol. The maximum absolute atomic E-state index is 6.01. The van der Waals surface area contributed by atoms with Crippen molar-refractivity contribution in [1.29, 1.82) is 0 Å². The molecular formula is C14H23ClN2S. The van der Waals surface area contributed by atoms with Crippen molar-refractivity contribution in [2.75, 3.05) is 26.2 Å². The van der Waals surface area contributed by atoms with Crippen LogP contribution in [0.2, 0.25) is 4.34 Å². The third-order valence-electron chi connectivity index (χ3n) is 3.73. The van der Waals surface area contributed by atoms with Crippen molar-refractivity contribution in [3.8, 4) is 0 Å². The average Bonchev–Trinajstić information content (AvgIpc) is 2.98. The summed E-state index contributed by atoms with van der Waals surface area (Å²) in [4.78, 5) is 3.97. The lowest BCUT2D eigenvalue weighted by atomic mass is 10.1. The fraction of sp³-hybridized carbons (Fsp3) is 0.714. The molecule has 0 radical (unpaired) electrons. The predicted octanol–water partition coefficient (Wildman–Crippen LogP) is 3.78. The molecule has 0 bridgehead atoms. The lowest BCUT2D eigenvalue weighted by Gasteiger charge is -2.23. The molecule has 0 spiro atoms. The van der Waals surface area contributed by atoms with E-state index < -0.39 is 0 Å². The van der Waals surface area contributed by atoms with E-state index >= 15 is 0 Å². The number of halogens is 1. The van der Waals surface area contributed by atoms with Gasteiger partial charge in [-0.05, 0) is 57.5 Å². The van der Waals surface area contributed by atoms with Gasteiger partial charge in [-0.25, -0.2) is 0 Å². The van der Waals surface area contributed by atoms with Crippen LogP contribution in [0.1, 0.15) is 37.6 Å². The van der Waals surface area contributed by atoms with E-state index in [1.54, 1.807) is 11.3 Å². The summed E-state index contributed by atoms with van der Waals surface area (Å²) in [5, 5.41) is 3.54. The van der Waals surface area contributed by atoms with E-state index in [0.29, 0.717) is 6.04 Å². The summed E-state index contributed by atoms with van der Waals surface area (Å²) in [6, 6.07) is 4.69. The first-order valence-corrected chi connectivity index (χ1v) is 8.10. The predicted molar refractivity (Wildman–Crippen MR) is 80.6 cm³/mol. The Bertz CT molecular complexity index is 366. The average molecular weight is 287 g/mol. The topological polar surface area (TPSA) is 15.3 Å². The van der Waals surface area contributed by atoms with Crippen LogP contribution in [0.4, 0.5) is 0 Å². The SMILES string of the molecule is CCCNCC1CCN(C(C)c2ccc(Cl)s2)C1. The zero-order valence-electron chi connectivity index (χ0n) is 11.3. The molecule has 0 aromatic carbocycles. The molecule has 2 nitrogen and oxygen atoms in total. The van der Waals surface area contributed by atoms with Gasteiger partial charge in [0, 0.05) is 17.5 Å². The molecule has 1 aromatic rings. The van der Waals surface area contributed by atoms with Crippen molar-refractivity contribution in [2.45, 2.75) is 32.7 Å². The molecule has 102 valence electrons. The van der Waals surface area contributed by atoms with E-state index in [2.05, 4.69) is 30.1 Å². The highest BCUT2D eigenvalue weighted by atomic mass is 35.5. The molecule has 2 rings (SSSR count). The number of nitrogens with zero attached hydrogens (tertiary/aromatic N) is 1. The van der Waals surface area contributed by atoms with Crippen LogP contribution in [-0.4, -0.2) is 31.1 Å². The third kappa shape index (κ3) is 3.70. The van der Waals surface area contributed by atoms with Crippen molar-refractivity contribution in [2.24, 2.45) is 5.92 Å². The quantitative estimate of drug-likeness (QED) is 0.801. The molecule has 1 saturated heterocycles. The van der Waals surface area contributed by atoms with Crippen molar-refractivity contribution in [3.05, 3.63) is 21.3 Å². The van der Waals surface area contributed by atoms with Crippen LogP contribution in [0.5, 0.6) is 0 Å². The summed E-state index contributed by atoms with van der Waals surface area (Å²) < 4.78 is 0.900. The number of rotatable bonds is 6. The van der Waals surface area contributed by atoms with Crippen LogP contribution in [0.25, 0.3) is 0 Å². The van der Waals surface area contributed by atoms with Crippen molar-refractivity contribution in [3.63, 3.8) is 0 Å². The lowest BCUT2D eigenvalue weighted by Crippen LogP contribution is -2.28. The van der Waals surface area contributed by atoms with Crippen molar-refractivity contribution in [1.82, 2.24) is 10.2 Å². The molecule has 1 N–H and O–H groups in total. The lowest BCUT2D eigenvalue weighted by molar-refractivity contribution is 0.255. The fourth-order valence-electron chi connectivity index (χ4n) is 2.60. The number of likely N-dealkylation sites (tertiary alicyclic amines) is 1. The Balaban J connectivity index is 1.81. The molecule has 1 aliphatic heterocycles. The largest absolute Gasteiger partial charge is 0.316 e. The van der Waals surface area contributed by atoms with Gasteiger partial charge in [0.2, 0.25) is 0 Å². The minimum atomic E-state index is 0.513. The molecule has 1 aliphatic rings. The normalized spacial score (nSPS) is 22.5. The van der Waals surface area contributed by atoms with Crippen molar-refractivity contribution < 1.29 is 0 Å². The summed E-state index contributed by atoms with van der Waals surface area (Å²) in [6.45, 7) is 9.26. The van der Waals surface area contributed by atoms with Crippen LogP contribution >= 0.6 is 22.9 Å². The summed E-state index contributed by atoms with van der Waals surface area (Å²) in [5.41, 5.74) is 0. The molecule has 0 aliphatic carbocycles. The van der Waals surface area contributed by atoms with Crippen LogP contribution < -0.4 is 5.32 Å². The molecule has 0 saturated carbocycles. The Hall–Kier alpha value is -0.0900. The minimum Gasteiger partial charge on any atom is -0.316 e. The van der Waals surface area contributed by atoms with Crippen LogP contribution in [-0.2, 0) is 0 Å². The van der Waals surface area contributed by atoms with Gasteiger partial charge in [-0.1, -0.05) is 18.5 Å². The Morgan fingerprint density at radius 3 is 3.06 bits per heavy atom. The minimum absolute atomic E-state index is 0.513. The molecule has 4 heteroatoms. The molecular weight excluding hydrogens is 264 g/mol. The number of thiophene rings is 1. The number of nitrogens with one attached hydrogen (secondary N) is 1. The molecule has 2 atom stereocenters. The van der Waals surface area contributed by atoms with Gasteiger partial charge in [-0.15, -0.1) is 11.3 Å². The fourth-order valence-corrected chi connectivity index (χ4v) is 3.74. The molecule has 18 heavy (non-hydrogen) atoms. The Morgan fingerprint density at radius 1 is 1.56 bits per heavy atom. The van der Waals surface area contributed by atoms with Gasteiger partial charge in [-0.3, -0.25) is 4.90 Å². The van der Waals surface area contributed by atoms with E-state index in [1.807, 2.05) is 6.07 Å². The van der Waals surface area contributed by atoms with E-state index in [1.165, 1.54) is 37.4 Å². The van der Waals surface area contributed by atoms with Gasteiger partial charge < -0.3 is 5.32 Å². The summed E-state index contributed by atoms with van der Waals surface area (Å²) in [6.07, 6.45) is 2.54. The van der Waals surface area contributed by atoms with Gasteiger partial charge in [-0.2, -0.15) is 0 Å². The first-order valence-electron chi connectivity index (χ1n) is 6.90. The van der Waals surface area contributed by atoms with Crippen LogP contribution in [0.15, 0.2) is 12.1 Å². The summed E-state index contributed by atoms with van der Waals surface area (Å²) in [7, 11) is 0. The Labute approximate surface area is 119 Å². The second kappa shape index (κ2) is 6.90. The third-order valence-corrected chi connectivity index (χ3v) is 5.13. The summed E-state index contributed by atoms with van der Waals surface area (Å²) >= 11 is 7.73. The highest BCUT2D eigenvalue weighted by molar-refractivity contribution is 7.16. The molecule has 2 heterocycles. The molecule has 2 unspecified atom stereocenters. The Kier molecular flexibility index (Phi) is 5.49. The van der Waals surface area contributed by atoms with Crippen LogP contribution in [0, 0.1) is 5.92 Å². The molecule has 1 fully saturated rings. The first kappa shape index (κ1) is 14.3.